The molecule has 8 rings (SSSR count). The Morgan fingerprint density at radius 1 is 0.881 bits per heavy atom. The first-order chi connectivity index (χ1) is 32.3. The van der Waals surface area contributed by atoms with E-state index in [-0.39, 0.29) is 36.7 Å². The third kappa shape index (κ3) is 11.0. The van der Waals surface area contributed by atoms with Crippen LogP contribution in [0, 0.1) is 19.7 Å². The first-order valence-electron chi connectivity index (χ1n) is 22.4. The number of rotatable bonds is 13. The minimum atomic E-state index is -0.969. The lowest BCUT2D eigenvalue weighted by Crippen LogP contribution is -2.54. The average Bonchev–Trinajstić information content (AvgIpc) is 3.51. The molecule has 6 aromatic rings. The molecule has 4 atom stereocenters. The normalized spacial score (nSPS) is 16.7. The lowest BCUT2D eigenvalue weighted by atomic mass is 9.90. The van der Waals surface area contributed by atoms with Crippen molar-refractivity contribution < 1.29 is 33.0 Å². The molecule has 13 heteroatoms. The van der Waals surface area contributed by atoms with Gasteiger partial charge >= 0.3 is 5.97 Å². The highest BCUT2D eigenvalue weighted by Crippen LogP contribution is 2.38. The monoisotopic (exact) mass is 942 g/mol. The number of hydrogen-bond acceptors (Lipinski definition) is 8. The summed E-state index contributed by atoms with van der Waals surface area (Å²) in [5, 5.41) is 3.97. The van der Waals surface area contributed by atoms with Crippen molar-refractivity contribution in [3.8, 4) is 22.6 Å². The van der Waals surface area contributed by atoms with Crippen molar-refractivity contribution in [2.75, 3.05) is 13.7 Å². The molecule has 10 nitrogen and oxygen atoms in total. The summed E-state index contributed by atoms with van der Waals surface area (Å²) in [5.41, 5.74) is 10.1. The summed E-state index contributed by atoms with van der Waals surface area (Å²) >= 11 is 12.5. The Bertz CT molecular complexity index is 2790. The van der Waals surface area contributed by atoms with Crippen molar-refractivity contribution in [3.05, 3.63) is 181 Å². The van der Waals surface area contributed by atoms with Crippen LogP contribution in [0.5, 0.6) is 11.5 Å². The fourth-order valence-corrected chi connectivity index (χ4v) is 9.27. The van der Waals surface area contributed by atoms with Crippen LogP contribution in [0.2, 0.25) is 10.0 Å². The summed E-state index contributed by atoms with van der Waals surface area (Å²) in [6.07, 6.45) is 2.27. The highest BCUT2D eigenvalue weighted by atomic mass is 35.5. The fourth-order valence-electron chi connectivity index (χ4n) is 8.96. The summed E-state index contributed by atoms with van der Waals surface area (Å²) in [6.45, 7) is 8.83. The maximum Gasteiger partial charge on any atom is 0.328 e. The number of benzene rings is 5. The summed E-state index contributed by atoms with van der Waals surface area (Å²) < 4.78 is 32.9. The molecule has 67 heavy (non-hydrogen) atoms. The predicted molar refractivity (Wildman–Crippen MR) is 257 cm³/mol. The second-order valence-electron chi connectivity index (χ2n) is 17.3. The Kier molecular flexibility index (Phi) is 14.6. The van der Waals surface area contributed by atoms with E-state index in [1.807, 2.05) is 111 Å². The van der Waals surface area contributed by atoms with Gasteiger partial charge in [0.1, 0.15) is 35.6 Å². The van der Waals surface area contributed by atoms with Crippen molar-refractivity contribution in [2.45, 2.75) is 90.9 Å². The minimum Gasteiger partial charge on any atom is -0.486 e. The van der Waals surface area contributed by atoms with Crippen LogP contribution in [0.25, 0.3) is 11.1 Å². The van der Waals surface area contributed by atoms with Gasteiger partial charge < -0.3 is 24.4 Å². The first kappa shape index (κ1) is 47.2. The molecular weight excluding hydrogens is 891 g/mol. The average molecular weight is 944 g/mol. The quantitative estimate of drug-likeness (QED) is 0.114. The zero-order valence-electron chi connectivity index (χ0n) is 38.2. The number of nitrogens with one attached hydrogen (secondary N) is 1. The number of amides is 2. The molecule has 0 aliphatic carbocycles. The standard InChI is InChI=1S/C54H53Cl2FN4O6/c1-6-50(39-16-19-46(55)47(56)25-39)66-44-17-14-38(15-18-44)52-31-60(34(4)62)30-42-24-40-26-49(61(29-41(40)27-51(42)67-52)28-36-8-7-9-43(57)22-36)53(63)59-48(54(64)65-5)23-35-10-12-37(13-11-35)45-20-21-58-33(3)32(45)2/h7-22,24-25,27,48-50,52H,6,23,26,28-31H2,1-5H3,(H,59,63)/t48-,49-,50+,52+/m0/s1. The van der Waals surface area contributed by atoms with E-state index in [0.29, 0.717) is 59.6 Å². The van der Waals surface area contributed by atoms with Gasteiger partial charge in [0.05, 0.1) is 29.7 Å². The zero-order valence-corrected chi connectivity index (χ0v) is 39.7. The van der Waals surface area contributed by atoms with Crippen LogP contribution in [0.3, 0.4) is 0 Å². The number of esters is 1. The number of ether oxygens (including phenoxy) is 3. The van der Waals surface area contributed by atoms with Gasteiger partial charge in [-0.2, -0.15) is 0 Å². The third-order valence-corrected chi connectivity index (χ3v) is 13.6. The van der Waals surface area contributed by atoms with E-state index in [4.69, 9.17) is 37.4 Å². The van der Waals surface area contributed by atoms with Crippen molar-refractivity contribution in [1.82, 2.24) is 20.1 Å². The Morgan fingerprint density at radius 3 is 2.36 bits per heavy atom. The van der Waals surface area contributed by atoms with Gasteiger partial charge in [0.25, 0.3) is 0 Å². The molecule has 1 N–H and O–H groups in total. The molecular formula is C54H53Cl2FN4O6. The summed E-state index contributed by atoms with van der Waals surface area (Å²) in [7, 11) is 1.31. The topological polar surface area (TPSA) is 110 Å². The van der Waals surface area contributed by atoms with Gasteiger partial charge in [-0.05, 0) is 131 Å². The highest BCUT2D eigenvalue weighted by molar-refractivity contribution is 6.42. The molecule has 0 saturated heterocycles. The molecule has 1 aromatic heterocycles. The van der Waals surface area contributed by atoms with Crippen molar-refractivity contribution in [3.63, 3.8) is 0 Å². The van der Waals surface area contributed by atoms with E-state index >= 15 is 0 Å². The van der Waals surface area contributed by atoms with Crippen LogP contribution < -0.4 is 14.8 Å². The number of fused-ring (bicyclic) bond motifs is 2. The molecule has 0 unspecified atom stereocenters. The van der Waals surface area contributed by atoms with Crippen LogP contribution in [-0.2, 0) is 51.6 Å². The Balaban J connectivity index is 1.04. The molecule has 0 fully saturated rings. The number of hydrogen-bond donors (Lipinski definition) is 1. The van der Waals surface area contributed by atoms with E-state index in [1.165, 1.54) is 19.2 Å². The highest BCUT2D eigenvalue weighted by Gasteiger charge is 2.36. The van der Waals surface area contributed by atoms with Gasteiger partial charge in [0.2, 0.25) is 11.8 Å². The lowest BCUT2D eigenvalue weighted by molar-refractivity contribution is -0.146. The molecule has 0 radical (unpaired) electrons. The summed E-state index contributed by atoms with van der Waals surface area (Å²) in [4.78, 5) is 49.1. The van der Waals surface area contributed by atoms with Crippen LogP contribution >= 0.6 is 23.2 Å². The van der Waals surface area contributed by atoms with Gasteiger partial charge in [-0.15, -0.1) is 0 Å². The number of carbonyl (C=O) groups is 3. The molecule has 2 aliphatic rings. The van der Waals surface area contributed by atoms with Gasteiger partial charge in [0.15, 0.2) is 0 Å². The lowest BCUT2D eigenvalue weighted by Gasteiger charge is -2.37. The predicted octanol–water partition coefficient (Wildman–Crippen LogP) is 10.7. The van der Waals surface area contributed by atoms with Crippen LogP contribution in [-0.4, -0.2) is 58.3 Å². The van der Waals surface area contributed by atoms with Crippen molar-refractivity contribution >= 4 is 41.0 Å². The molecule has 346 valence electrons. The van der Waals surface area contributed by atoms with Gasteiger partial charge in [-0.1, -0.05) is 84.7 Å². The van der Waals surface area contributed by atoms with Crippen molar-refractivity contribution in [2.24, 2.45) is 0 Å². The maximum absolute atomic E-state index is 14.6. The second kappa shape index (κ2) is 20.7. The largest absolute Gasteiger partial charge is 0.486 e. The van der Waals surface area contributed by atoms with E-state index in [9.17, 15) is 18.8 Å². The summed E-state index contributed by atoms with van der Waals surface area (Å²) in [6, 6.07) is 31.8. The minimum absolute atomic E-state index is 0.101. The molecule has 5 aromatic carbocycles. The third-order valence-electron chi connectivity index (χ3n) is 12.8. The van der Waals surface area contributed by atoms with E-state index in [1.54, 1.807) is 30.2 Å². The van der Waals surface area contributed by atoms with E-state index < -0.39 is 24.2 Å². The molecule has 2 amide bonds. The Morgan fingerprint density at radius 2 is 1.66 bits per heavy atom. The number of halogens is 3. The molecule has 2 aliphatic heterocycles. The smallest absolute Gasteiger partial charge is 0.328 e. The number of methoxy groups -OCH3 is 1. The molecule has 0 saturated carbocycles. The first-order valence-corrected chi connectivity index (χ1v) is 23.2. The van der Waals surface area contributed by atoms with Crippen LogP contribution in [0.15, 0.2) is 115 Å². The van der Waals surface area contributed by atoms with Gasteiger partial charge in [0, 0.05) is 50.4 Å². The fraction of sp³-hybridized carbons (Fsp3) is 0.296. The van der Waals surface area contributed by atoms with Crippen LogP contribution in [0.1, 0.15) is 82.7 Å². The van der Waals surface area contributed by atoms with Crippen molar-refractivity contribution in [1.29, 1.82) is 0 Å². The molecule has 3 heterocycles. The van der Waals surface area contributed by atoms with E-state index in [2.05, 4.69) is 10.3 Å². The number of aromatic nitrogens is 1. The molecule has 0 bridgehead atoms. The SMILES string of the molecule is CC[C@@H](Oc1ccc([C@H]2CN(C(C)=O)Cc3cc4c(cc3O2)CN(Cc2cccc(F)c2)[C@H](C(=O)N[C@@H](Cc2ccc(-c3ccnc(C)c3C)cc2)C(=O)OC)C4)cc1)c1ccc(Cl)c(Cl)c1. The number of aryl methyl sites for hydroxylation is 1. The number of pyridine rings is 1. The molecule has 0 spiro atoms. The van der Waals surface area contributed by atoms with Crippen LogP contribution in [0.4, 0.5) is 4.39 Å². The number of nitrogens with zero attached hydrogens (tertiary/aromatic N) is 3. The Hall–Kier alpha value is -6.27. The van der Waals surface area contributed by atoms with E-state index in [0.717, 1.165) is 55.8 Å². The van der Waals surface area contributed by atoms with Gasteiger partial charge in [-0.25, -0.2) is 9.18 Å². The van der Waals surface area contributed by atoms with Gasteiger partial charge in [-0.3, -0.25) is 19.5 Å². The zero-order chi connectivity index (χ0) is 47.4. The number of carbonyl (C=O) groups excluding carboxylic acids is 3. The second-order valence-corrected chi connectivity index (χ2v) is 18.1. The Labute approximate surface area is 401 Å². The summed E-state index contributed by atoms with van der Waals surface area (Å²) in [5.74, 6) is -0.0953. The maximum atomic E-state index is 14.6.